The zero-order valence-corrected chi connectivity index (χ0v) is 26.7. The molecule has 12 nitrogen and oxygen atoms in total. The van der Waals surface area contributed by atoms with Gasteiger partial charge in [0.05, 0.1) is 6.04 Å². The van der Waals surface area contributed by atoms with E-state index in [0.29, 0.717) is 16.5 Å². The Morgan fingerprint density at radius 2 is 1.57 bits per heavy atom. The highest BCUT2D eigenvalue weighted by Crippen LogP contribution is 2.42. The van der Waals surface area contributed by atoms with Crippen molar-refractivity contribution in [3.8, 4) is 0 Å². The molecule has 3 aromatic carbocycles. The first-order chi connectivity index (χ1) is 21.9. The summed E-state index contributed by atoms with van der Waals surface area (Å²) in [6.45, 7) is 3.43. The van der Waals surface area contributed by atoms with Gasteiger partial charge >= 0.3 is 7.60 Å². The fourth-order valence-corrected chi connectivity index (χ4v) is 6.84. The van der Waals surface area contributed by atoms with Gasteiger partial charge in [0.1, 0.15) is 11.8 Å². The van der Waals surface area contributed by atoms with Gasteiger partial charge in [0, 0.05) is 53.6 Å². The highest BCUT2D eigenvalue weighted by atomic mass is 31.2. The number of H-pyrrole nitrogens is 1. The predicted octanol–water partition coefficient (Wildman–Crippen LogP) is 3.29. The SMILES string of the molecule is CNC(=O)C(Cc1c[nH]c2ccccc12)NC(=O)[C@H](CC(C)C)N[C@H](CCN1C(=O)c2cccc3cccc(c23)C1=O)P(=O)(O)O. The molecule has 0 aliphatic carbocycles. The van der Waals surface area contributed by atoms with Gasteiger partial charge in [0.15, 0.2) is 0 Å². The summed E-state index contributed by atoms with van der Waals surface area (Å²) < 4.78 is 12.7. The van der Waals surface area contributed by atoms with E-state index in [1.165, 1.54) is 7.05 Å². The zero-order chi connectivity index (χ0) is 33.2. The lowest BCUT2D eigenvalue weighted by Gasteiger charge is -2.31. The van der Waals surface area contributed by atoms with E-state index >= 15 is 0 Å². The summed E-state index contributed by atoms with van der Waals surface area (Å²) in [5, 5.41) is 10.4. The topological polar surface area (TPSA) is 181 Å². The van der Waals surface area contributed by atoms with Crippen molar-refractivity contribution in [1.29, 1.82) is 0 Å². The molecule has 0 radical (unpaired) electrons. The number of nitrogens with one attached hydrogen (secondary N) is 4. The molecule has 2 heterocycles. The van der Waals surface area contributed by atoms with Gasteiger partial charge in [-0.2, -0.15) is 0 Å². The summed E-state index contributed by atoms with van der Waals surface area (Å²) in [6.07, 6.45) is 1.85. The number of rotatable bonds is 13. The quantitative estimate of drug-likeness (QED) is 0.0945. The second-order valence-electron chi connectivity index (χ2n) is 12.0. The van der Waals surface area contributed by atoms with Crippen molar-refractivity contribution in [2.75, 3.05) is 13.6 Å². The van der Waals surface area contributed by atoms with Crippen LogP contribution < -0.4 is 16.0 Å². The molecule has 0 bridgehead atoms. The van der Waals surface area contributed by atoms with E-state index in [9.17, 15) is 33.5 Å². The highest BCUT2D eigenvalue weighted by Gasteiger charge is 2.38. The first kappa shape index (κ1) is 33.0. The van der Waals surface area contributed by atoms with E-state index in [2.05, 4.69) is 20.9 Å². The third-order valence-corrected chi connectivity index (χ3v) is 9.50. The summed E-state index contributed by atoms with van der Waals surface area (Å²) in [7, 11) is -3.42. The molecule has 4 aromatic rings. The molecular formula is C33H38N5O7P. The zero-order valence-electron chi connectivity index (χ0n) is 25.8. The van der Waals surface area contributed by atoms with Crippen LogP contribution in [0.25, 0.3) is 21.7 Å². The van der Waals surface area contributed by atoms with Crippen LogP contribution in [0.5, 0.6) is 0 Å². The molecule has 0 spiro atoms. The molecule has 4 amide bonds. The van der Waals surface area contributed by atoms with E-state index in [1.807, 2.05) is 38.1 Å². The molecule has 0 saturated carbocycles. The predicted molar refractivity (Wildman–Crippen MR) is 174 cm³/mol. The summed E-state index contributed by atoms with van der Waals surface area (Å²) in [5.74, 6) is -3.75. The summed E-state index contributed by atoms with van der Waals surface area (Å²) in [4.78, 5) is 78.1. The van der Waals surface area contributed by atoms with Crippen molar-refractivity contribution in [3.05, 3.63) is 83.6 Å². The van der Waals surface area contributed by atoms with Crippen LogP contribution in [0.1, 0.15) is 53.0 Å². The molecule has 242 valence electrons. The van der Waals surface area contributed by atoms with Crippen LogP contribution in [-0.2, 0) is 20.6 Å². The average molecular weight is 648 g/mol. The summed E-state index contributed by atoms with van der Waals surface area (Å²) in [5.41, 5.74) is 2.37. The summed E-state index contributed by atoms with van der Waals surface area (Å²) >= 11 is 0. The number of para-hydroxylation sites is 1. The number of hydrogen-bond donors (Lipinski definition) is 6. The molecule has 6 N–H and O–H groups in total. The number of carbonyl (C=O) groups excluding carboxylic acids is 4. The second kappa shape index (κ2) is 13.6. The first-order valence-corrected chi connectivity index (χ1v) is 16.8. The minimum absolute atomic E-state index is 0.0602. The van der Waals surface area contributed by atoms with Crippen LogP contribution in [0.3, 0.4) is 0 Å². The van der Waals surface area contributed by atoms with Crippen molar-refractivity contribution in [1.82, 2.24) is 25.8 Å². The van der Waals surface area contributed by atoms with E-state index < -0.39 is 49.1 Å². The molecule has 3 atom stereocenters. The third kappa shape index (κ3) is 6.90. The van der Waals surface area contributed by atoms with E-state index in [-0.39, 0.29) is 31.7 Å². The van der Waals surface area contributed by atoms with Gasteiger partial charge in [-0.1, -0.05) is 56.3 Å². The number of aromatic amines is 1. The van der Waals surface area contributed by atoms with Crippen LogP contribution in [0.2, 0.25) is 0 Å². The molecule has 0 fully saturated rings. The molecule has 0 saturated heterocycles. The maximum atomic E-state index is 13.7. The van der Waals surface area contributed by atoms with Crippen molar-refractivity contribution < 1.29 is 33.5 Å². The van der Waals surface area contributed by atoms with Gasteiger partial charge in [-0.05, 0) is 47.9 Å². The van der Waals surface area contributed by atoms with Gasteiger partial charge in [-0.15, -0.1) is 0 Å². The lowest BCUT2D eigenvalue weighted by molar-refractivity contribution is -0.130. The van der Waals surface area contributed by atoms with Crippen molar-refractivity contribution in [2.45, 2.75) is 51.0 Å². The monoisotopic (exact) mass is 647 g/mol. The van der Waals surface area contributed by atoms with Crippen molar-refractivity contribution >= 4 is 52.9 Å². The normalized spacial score (nSPS) is 15.3. The van der Waals surface area contributed by atoms with Crippen LogP contribution >= 0.6 is 7.60 Å². The number of nitrogens with zero attached hydrogens (tertiary/aromatic N) is 1. The molecular weight excluding hydrogens is 609 g/mol. The van der Waals surface area contributed by atoms with E-state index in [1.54, 1.807) is 42.6 Å². The Labute approximate surface area is 266 Å². The Morgan fingerprint density at radius 1 is 0.913 bits per heavy atom. The molecule has 1 aliphatic heterocycles. The minimum atomic E-state index is -4.89. The molecule has 13 heteroatoms. The Balaban J connectivity index is 1.34. The minimum Gasteiger partial charge on any atom is -0.361 e. The smallest absolute Gasteiger partial charge is 0.342 e. The van der Waals surface area contributed by atoms with Crippen molar-refractivity contribution in [3.63, 3.8) is 0 Å². The number of amides is 4. The van der Waals surface area contributed by atoms with Crippen LogP contribution in [0, 0.1) is 5.92 Å². The summed E-state index contributed by atoms with van der Waals surface area (Å²) in [6, 6.07) is 15.8. The van der Waals surface area contributed by atoms with E-state index in [0.717, 1.165) is 26.8 Å². The maximum Gasteiger partial charge on any atom is 0.342 e. The van der Waals surface area contributed by atoms with Gasteiger partial charge in [-0.25, -0.2) is 0 Å². The number of aromatic nitrogens is 1. The molecule has 1 aromatic heterocycles. The van der Waals surface area contributed by atoms with Crippen molar-refractivity contribution in [2.24, 2.45) is 5.92 Å². The Morgan fingerprint density at radius 3 is 2.17 bits per heavy atom. The lowest BCUT2D eigenvalue weighted by atomic mass is 9.94. The third-order valence-electron chi connectivity index (χ3n) is 8.28. The van der Waals surface area contributed by atoms with Gasteiger partial charge in [0.25, 0.3) is 11.8 Å². The largest absolute Gasteiger partial charge is 0.361 e. The van der Waals surface area contributed by atoms with E-state index in [4.69, 9.17) is 0 Å². The lowest BCUT2D eigenvalue weighted by Crippen LogP contribution is -2.55. The van der Waals surface area contributed by atoms with Gasteiger partial charge < -0.3 is 25.4 Å². The van der Waals surface area contributed by atoms with Gasteiger partial charge in [0.2, 0.25) is 11.8 Å². The number of imide groups is 1. The highest BCUT2D eigenvalue weighted by molar-refractivity contribution is 7.52. The Hall–Kier alpha value is -4.35. The molecule has 46 heavy (non-hydrogen) atoms. The first-order valence-electron chi connectivity index (χ1n) is 15.1. The van der Waals surface area contributed by atoms with Crippen LogP contribution in [0.15, 0.2) is 66.9 Å². The molecule has 1 aliphatic rings. The van der Waals surface area contributed by atoms with Crippen LogP contribution in [0.4, 0.5) is 0 Å². The number of likely N-dealkylation sites (N-methyl/N-ethyl adjacent to an activating group) is 1. The number of hydrogen-bond acceptors (Lipinski definition) is 6. The fourth-order valence-electron chi connectivity index (χ4n) is 6.01. The number of fused-ring (bicyclic) bond motifs is 1. The second-order valence-corrected chi connectivity index (χ2v) is 13.8. The number of carbonyl (C=O) groups is 4. The molecule has 5 rings (SSSR count). The maximum absolute atomic E-state index is 13.7. The Bertz CT molecular complexity index is 1800. The van der Waals surface area contributed by atoms with Gasteiger partial charge in [-0.3, -0.25) is 34.0 Å². The molecule has 1 unspecified atom stereocenters. The Kier molecular flexibility index (Phi) is 9.74. The standard InChI is InChI=1S/C33H38N5O7P/c1-19(2)16-26(31(40)37-27(30(39)34-3)17-21-18-35-25-13-5-4-10-22(21)25)36-28(46(43,44)45)14-15-38-32(41)23-11-6-8-20-9-7-12-24(29(20)23)33(38)42/h4-13,18-19,26-28,35-36H,14-17H2,1-3H3,(H,34,39)(H,37,40)(H2,43,44,45)/t26-,27?,28-/m0/s1. The average Bonchev–Trinajstić information content (AvgIpc) is 3.43. The van der Waals surface area contributed by atoms with Crippen LogP contribution in [-0.4, -0.2) is 74.8 Å². The fraction of sp³-hybridized carbons (Fsp3) is 0.333. The number of benzene rings is 3.